The van der Waals surface area contributed by atoms with Crippen molar-refractivity contribution in [2.75, 3.05) is 5.32 Å². The maximum atomic E-state index is 13.7. The number of hydrogen-bond donors (Lipinski definition) is 2. The summed E-state index contributed by atoms with van der Waals surface area (Å²) in [6.07, 6.45) is -2.54. The highest BCUT2D eigenvalue weighted by molar-refractivity contribution is 6.04. The molecule has 0 saturated carbocycles. The van der Waals surface area contributed by atoms with Crippen molar-refractivity contribution in [1.29, 1.82) is 0 Å². The first kappa shape index (κ1) is 20.5. The third-order valence-electron chi connectivity index (χ3n) is 4.56. The van der Waals surface area contributed by atoms with Crippen LogP contribution in [0.2, 0.25) is 0 Å². The quantitative estimate of drug-likeness (QED) is 0.473. The van der Waals surface area contributed by atoms with E-state index in [2.05, 4.69) is 15.3 Å². The maximum absolute atomic E-state index is 13.7. The first-order valence-corrected chi connectivity index (χ1v) is 8.98. The predicted molar refractivity (Wildman–Crippen MR) is 104 cm³/mol. The third-order valence-corrected chi connectivity index (χ3v) is 4.56. The number of imidazole rings is 1. The molecule has 0 spiro atoms. The normalized spacial score (nSPS) is 11.6. The van der Waals surface area contributed by atoms with E-state index in [-0.39, 0.29) is 34.6 Å². The minimum atomic E-state index is -4.72. The smallest absolute Gasteiger partial charge is 0.392 e. The summed E-state index contributed by atoms with van der Waals surface area (Å²) in [7, 11) is 0. The third kappa shape index (κ3) is 3.97. The molecule has 0 bridgehead atoms. The number of nitrogens with one attached hydrogen (secondary N) is 1. The minimum absolute atomic E-state index is 0.0874. The van der Waals surface area contributed by atoms with Gasteiger partial charge in [-0.3, -0.25) is 14.3 Å². The Labute approximate surface area is 172 Å². The lowest BCUT2D eigenvalue weighted by Crippen LogP contribution is -2.15. The molecule has 0 radical (unpaired) electrons. The largest absolute Gasteiger partial charge is 0.450 e. The summed E-state index contributed by atoms with van der Waals surface area (Å²) in [6, 6.07) is 11.1. The molecule has 0 aliphatic rings. The van der Waals surface area contributed by atoms with Crippen LogP contribution in [0, 0.1) is 5.82 Å². The Kier molecular flexibility index (Phi) is 5.15. The van der Waals surface area contributed by atoms with Gasteiger partial charge in [0.2, 0.25) is 5.82 Å². The van der Waals surface area contributed by atoms with Crippen LogP contribution in [0.15, 0.2) is 60.9 Å². The minimum Gasteiger partial charge on any atom is -0.392 e. The number of pyridine rings is 1. The molecule has 2 aromatic heterocycles. The van der Waals surface area contributed by atoms with Gasteiger partial charge in [0.1, 0.15) is 0 Å². The SMILES string of the molecule is O=C(Nc1ccc(-n2c(C(F)(F)F)nc3cc(CO)ccc32)cc1)c1ccncc1F. The molecule has 158 valence electrons. The summed E-state index contributed by atoms with van der Waals surface area (Å²) < 4.78 is 55.4. The monoisotopic (exact) mass is 430 g/mol. The number of carbonyl (C=O) groups is 1. The molecule has 2 heterocycles. The molecule has 4 aromatic rings. The van der Waals surface area contributed by atoms with E-state index in [0.717, 1.165) is 10.8 Å². The molecule has 10 heteroatoms. The zero-order valence-electron chi connectivity index (χ0n) is 15.7. The van der Waals surface area contributed by atoms with Crippen molar-refractivity contribution in [1.82, 2.24) is 14.5 Å². The fourth-order valence-corrected chi connectivity index (χ4v) is 3.13. The number of halogens is 4. The van der Waals surface area contributed by atoms with E-state index >= 15 is 0 Å². The number of aliphatic hydroxyl groups is 1. The topological polar surface area (TPSA) is 80.0 Å². The van der Waals surface area contributed by atoms with E-state index in [1.54, 1.807) is 0 Å². The fraction of sp³-hybridized carbons (Fsp3) is 0.0952. The standard InChI is InChI=1S/C21H14F4N4O2/c22-16-10-26-8-7-15(16)19(31)27-13-2-4-14(5-3-13)29-18-6-1-12(11-30)9-17(18)28-20(29)21(23,24)25/h1-10,30H,11H2,(H,27,31). The number of anilines is 1. The average molecular weight is 430 g/mol. The van der Waals surface area contributed by atoms with Crippen molar-refractivity contribution >= 4 is 22.6 Å². The van der Waals surface area contributed by atoms with Gasteiger partial charge in [-0.25, -0.2) is 9.37 Å². The second-order valence-electron chi connectivity index (χ2n) is 6.61. The summed E-state index contributed by atoms with van der Waals surface area (Å²) in [4.78, 5) is 19.5. The molecule has 0 saturated heterocycles. The highest BCUT2D eigenvalue weighted by Gasteiger charge is 2.38. The molecule has 31 heavy (non-hydrogen) atoms. The Morgan fingerprint density at radius 2 is 1.84 bits per heavy atom. The molecule has 0 unspecified atom stereocenters. The molecule has 6 nitrogen and oxygen atoms in total. The number of rotatable bonds is 4. The molecule has 2 aromatic carbocycles. The van der Waals surface area contributed by atoms with Crippen molar-refractivity contribution in [3.05, 3.63) is 83.7 Å². The van der Waals surface area contributed by atoms with Crippen LogP contribution in [0.4, 0.5) is 23.2 Å². The van der Waals surface area contributed by atoms with E-state index in [0.29, 0.717) is 5.56 Å². The van der Waals surface area contributed by atoms with Crippen LogP contribution in [-0.4, -0.2) is 25.5 Å². The van der Waals surface area contributed by atoms with E-state index in [1.807, 2.05) is 0 Å². The van der Waals surface area contributed by atoms with E-state index < -0.39 is 23.7 Å². The lowest BCUT2D eigenvalue weighted by Gasteiger charge is -2.12. The first-order valence-electron chi connectivity index (χ1n) is 8.98. The number of aromatic nitrogens is 3. The number of aliphatic hydroxyl groups excluding tert-OH is 1. The molecule has 0 fully saturated rings. The molecule has 2 N–H and O–H groups in total. The van der Waals surface area contributed by atoms with Crippen molar-refractivity contribution in [3.63, 3.8) is 0 Å². The number of benzene rings is 2. The summed E-state index contributed by atoms with van der Waals surface area (Å²) in [5.74, 6) is -2.62. The van der Waals surface area contributed by atoms with Crippen LogP contribution in [-0.2, 0) is 12.8 Å². The Hall–Kier alpha value is -3.79. The number of nitrogens with zero attached hydrogens (tertiary/aromatic N) is 3. The van der Waals surface area contributed by atoms with Crippen molar-refractivity contribution in [2.24, 2.45) is 0 Å². The number of fused-ring (bicyclic) bond motifs is 1. The number of amides is 1. The molecular formula is C21H14F4N4O2. The lowest BCUT2D eigenvalue weighted by molar-refractivity contribution is -0.145. The number of hydrogen-bond acceptors (Lipinski definition) is 4. The molecule has 0 atom stereocenters. The van der Waals surface area contributed by atoms with Gasteiger partial charge in [0.15, 0.2) is 5.82 Å². The zero-order valence-corrected chi connectivity index (χ0v) is 15.7. The second-order valence-corrected chi connectivity index (χ2v) is 6.61. The average Bonchev–Trinajstić information content (AvgIpc) is 3.14. The van der Waals surface area contributed by atoms with Crippen molar-refractivity contribution in [3.8, 4) is 5.69 Å². The van der Waals surface area contributed by atoms with Crippen LogP contribution in [0.3, 0.4) is 0 Å². The molecule has 4 rings (SSSR count). The van der Waals surface area contributed by atoms with Crippen LogP contribution in [0.5, 0.6) is 0 Å². The van der Waals surface area contributed by atoms with E-state index in [1.165, 1.54) is 54.7 Å². The Bertz CT molecular complexity index is 1270. The summed E-state index contributed by atoms with van der Waals surface area (Å²) in [5.41, 5.74) is 0.959. The van der Waals surface area contributed by atoms with Crippen molar-refractivity contribution < 1.29 is 27.5 Å². The Morgan fingerprint density at radius 1 is 1.10 bits per heavy atom. The molecule has 0 aliphatic heterocycles. The van der Waals surface area contributed by atoms with Gasteiger partial charge in [-0.1, -0.05) is 6.07 Å². The highest BCUT2D eigenvalue weighted by Crippen LogP contribution is 2.34. The Morgan fingerprint density at radius 3 is 2.48 bits per heavy atom. The summed E-state index contributed by atoms with van der Waals surface area (Å²) in [5, 5.41) is 11.7. The van der Waals surface area contributed by atoms with Gasteiger partial charge in [-0.15, -0.1) is 0 Å². The van der Waals surface area contributed by atoms with Crippen molar-refractivity contribution in [2.45, 2.75) is 12.8 Å². The van der Waals surface area contributed by atoms with Gasteiger partial charge >= 0.3 is 6.18 Å². The van der Waals surface area contributed by atoms with Gasteiger partial charge in [-0.05, 0) is 48.0 Å². The first-order chi connectivity index (χ1) is 14.8. The zero-order chi connectivity index (χ0) is 22.2. The lowest BCUT2D eigenvalue weighted by atomic mass is 10.2. The highest BCUT2D eigenvalue weighted by atomic mass is 19.4. The van der Waals surface area contributed by atoms with Gasteiger partial charge in [0.05, 0.1) is 29.4 Å². The fourth-order valence-electron chi connectivity index (χ4n) is 3.13. The van der Waals surface area contributed by atoms with Crippen LogP contribution in [0.25, 0.3) is 16.7 Å². The molecule has 1 amide bonds. The summed E-state index contributed by atoms with van der Waals surface area (Å²) >= 11 is 0. The summed E-state index contributed by atoms with van der Waals surface area (Å²) in [6.45, 7) is -0.323. The van der Waals surface area contributed by atoms with Gasteiger partial charge in [-0.2, -0.15) is 13.2 Å². The van der Waals surface area contributed by atoms with E-state index in [4.69, 9.17) is 0 Å². The molecule has 0 aliphatic carbocycles. The van der Waals surface area contributed by atoms with E-state index in [9.17, 15) is 27.5 Å². The number of carbonyl (C=O) groups excluding carboxylic acids is 1. The van der Waals surface area contributed by atoms with Gasteiger partial charge in [0, 0.05) is 17.6 Å². The van der Waals surface area contributed by atoms with Gasteiger partial charge in [0.25, 0.3) is 5.91 Å². The number of alkyl halides is 3. The van der Waals surface area contributed by atoms with Crippen LogP contribution >= 0.6 is 0 Å². The maximum Gasteiger partial charge on any atom is 0.450 e. The molecular weight excluding hydrogens is 416 g/mol. The van der Waals surface area contributed by atoms with Gasteiger partial charge < -0.3 is 10.4 Å². The second kappa shape index (κ2) is 7.80. The van der Waals surface area contributed by atoms with Crippen LogP contribution < -0.4 is 5.32 Å². The van der Waals surface area contributed by atoms with Crippen LogP contribution in [0.1, 0.15) is 21.7 Å². The Balaban J connectivity index is 1.70. The predicted octanol–water partition coefficient (Wildman–Crippen LogP) is 4.32.